The summed E-state index contributed by atoms with van der Waals surface area (Å²) in [6.07, 6.45) is 5.98. The van der Waals surface area contributed by atoms with Crippen molar-refractivity contribution in [3.05, 3.63) is 0 Å². The summed E-state index contributed by atoms with van der Waals surface area (Å²) in [7, 11) is 2.00. The van der Waals surface area contributed by atoms with Gasteiger partial charge in [-0.1, -0.05) is 6.92 Å². The first-order chi connectivity index (χ1) is 7.68. The van der Waals surface area contributed by atoms with Crippen molar-refractivity contribution in [1.82, 2.24) is 10.2 Å². The lowest BCUT2D eigenvalue weighted by Gasteiger charge is -2.34. The van der Waals surface area contributed by atoms with Gasteiger partial charge in [-0.15, -0.1) is 0 Å². The molecule has 3 nitrogen and oxygen atoms in total. The fourth-order valence-electron chi connectivity index (χ4n) is 2.96. The average Bonchev–Trinajstić information content (AvgIpc) is 2.81. The van der Waals surface area contributed by atoms with E-state index in [1.54, 1.807) is 0 Å². The number of rotatable bonds is 2. The molecule has 2 fully saturated rings. The van der Waals surface area contributed by atoms with E-state index < -0.39 is 0 Å². The number of nitrogens with one attached hydrogen (secondary N) is 1. The van der Waals surface area contributed by atoms with Crippen molar-refractivity contribution in [2.24, 2.45) is 11.8 Å². The first-order valence-corrected chi connectivity index (χ1v) is 6.66. The maximum Gasteiger partial charge on any atom is 0.227 e. The highest BCUT2D eigenvalue weighted by molar-refractivity contribution is 5.79. The normalized spacial score (nSPS) is 35.0. The predicted molar refractivity (Wildman–Crippen MR) is 65.2 cm³/mol. The second-order valence-corrected chi connectivity index (χ2v) is 5.55. The van der Waals surface area contributed by atoms with E-state index in [1.807, 2.05) is 11.9 Å². The number of carbonyl (C=O) groups is 1. The molecule has 16 heavy (non-hydrogen) atoms. The highest BCUT2D eigenvalue weighted by atomic mass is 16.2. The Hall–Kier alpha value is -0.570. The summed E-state index contributed by atoms with van der Waals surface area (Å²) in [6, 6.07) is 0.504. The molecular formula is C13H24N2O. The lowest BCUT2D eigenvalue weighted by atomic mass is 9.86. The Bertz CT molecular complexity index is 240. The minimum absolute atomic E-state index is 0.240. The van der Waals surface area contributed by atoms with Gasteiger partial charge < -0.3 is 10.2 Å². The SMILES string of the molecule is CC1CCC(N(C)C(=O)C2CCNC2)CC1. The first kappa shape index (κ1) is 11.9. The molecule has 1 unspecified atom stereocenters. The lowest BCUT2D eigenvalue weighted by molar-refractivity contribution is -0.136. The van der Waals surface area contributed by atoms with Gasteiger partial charge in [-0.3, -0.25) is 4.79 Å². The van der Waals surface area contributed by atoms with Crippen LogP contribution in [0.1, 0.15) is 39.0 Å². The highest BCUT2D eigenvalue weighted by Gasteiger charge is 2.30. The van der Waals surface area contributed by atoms with E-state index in [2.05, 4.69) is 12.2 Å². The van der Waals surface area contributed by atoms with E-state index in [-0.39, 0.29) is 5.92 Å². The Morgan fingerprint density at radius 3 is 2.44 bits per heavy atom. The molecule has 1 N–H and O–H groups in total. The fraction of sp³-hybridized carbons (Fsp3) is 0.923. The van der Waals surface area contributed by atoms with Gasteiger partial charge in [-0.2, -0.15) is 0 Å². The molecule has 0 radical (unpaired) electrons. The summed E-state index contributed by atoms with van der Waals surface area (Å²) in [5.41, 5.74) is 0. The molecule has 0 aromatic heterocycles. The molecule has 3 heteroatoms. The lowest BCUT2D eigenvalue weighted by Crippen LogP contribution is -2.42. The fourth-order valence-corrected chi connectivity index (χ4v) is 2.96. The summed E-state index contributed by atoms with van der Waals surface area (Å²) in [6.45, 7) is 4.21. The largest absolute Gasteiger partial charge is 0.342 e. The first-order valence-electron chi connectivity index (χ1n) is 6.66. The van der Waals surface area contributed by atoms with Gasteiger partial charge in [0.15, 0.2) is 0 Å². The molecule has 1 saturated heterocycles. The maximum atomic E-state index is 12.2. The number of hydrogen-bond acceptors (Lipinski definition) is 2. The van der Waals surface area contributed by atoms with Gasteiger partial charge in [0.2, 0.25) is 5.91 Å². The van der Waals surface area contributed by atoms with Gasteiger partial charge in [0.1, 0.15) is 0 Å². The molecule has 0 spiro atoms. The third kappa shape index (κ3) is 2.57. The van der Waals surface area contributed by atoms with Crippen molar-refractivity contribution in [1.29, 1.82) is 0 Å². The molecule has 0 aromatic carbocycles. The van der Waals surface area contributed by atoms with Crippen molar-refractivity contribution < 1.29 is 4.79 Å². The predicted octanol–water partition coefficient (Wildman–Crippen LogP) is 1.63. The zero-order chi connectivity index (χ0) is 11.5. The molecule has 0 aromatic rings. The molecule has 92 valence electrons. The third-order valence-electron chi connectivity index (χ3n) is 4.29. The molecule has 1 aliphatic carbocycles. The minimum atomic E-state index is 0.240. The van der Waals surface area contributed by atoms with Crippen molar-refractivity contribution in [2.75, 3.05) is 20.1 Å². The molecule has 2 rings (SSSR count). The van der Waals surface area contributed by atoms with Crippen LogP contribution in [-0.2, 0) is 4.79 Å². The standard InChI is InChI=1S/C13H24N2O/c1-10-3-5-12(6-4-10)15(2)13(16)11-7-8-14-9-11/h10-12,14H,3-9H2,1-2H3. The summed E-state index contributed by atoms with van der Waals surface area (Å²) in [4.78, 5) is 14.2. The summed E-state index contributed by atoms with van der Waals surface area (Å²) >= 11 is 0. The second-order valence-electron chi connectivity index (χ2n) is 5.55. The van der Waals surface area contributed by atoms with Crippen molar-refractivity contribution >= 4 is 5.91 Å². The van der Waals surface area contributed by atoms with Gasteiger partial charge in [-0.25, -0.2) is 0 Å². The van der Waals surface area contributed by atoms with E-state index in [0.29, 0.717) is 11.9 Å². The number of amides is 1. The van der Waals surface area contributed by atoms with E-state index in [4.69, 9.17) is 0 Å². The van der Waals surface area contributed by atoms with Gasteiger partial charge in [0.25, 0.3) is 0 Å². The zero-order valence-electron chi connectivity index (χ0n) is 10.5. The molecule has 0 bridgehead atoms. The quantitative estimate of drug-likeness (QED) is 0.773. The second kappa shape index (κ2) is 5.17. The van der Waals surface area contributed by atoms with Crippen LogP contribution >= 0.6 is 0 Å². The minimum Gasteiger partial charge on any atom is -0.342 e. The molecular weight excluding hydrogens is 200 g/mol. The summed E-state index contributed by atoms with van der Waals surface area (Å²) < 4.78 is 0. The summed E-state index contributed by atoms with van der Waals surface area (Å²) in [5.74, 6) is 1.46. The van der Waals surface area contributed by atoms with Crippen LogP contribution in [-0.4, -0.2) is 37.0 Å². The Morgan fingerprint density at radius 2 is 1.88 bits per heavy atom. The van der Waals surface area contributed by atoms with Crippen LogP contribution in [0.25, 0.3) is 0 Å². The van der Waals surface area contributed by atoms with Crippen LogP contribution in [0.3, 0.4) is 0 Å². The van der Waals surface area contributed by atoms with Gasteiger partial charge in [0.05, 0.1) is 5.92 Å². The number of carbonyl (C=O) groups excluding carboxylic acids is 1. The van der Waals surface area contributed by atoms with E-state index in [1.165, 1.54) is 25.7 Å². The Morgan fingerprint density at radius 1 is 1.19 bits per heavy atom. The Kier molecular flexibility index (Phi) is 3.85. The van der Waals surface area contributed by atoms with Gasteiger partial charge >= 0.3 is 0 Å². The summed E-state index contributed by atoms with van der Waals surface area (Å²) in [5, 5.41) is 3.27. The van der Waals surface area contributed by atoms with E-state index in [9.17, 15) is 4.79 Å². The third-order valence-corrected chi connectivity index (χ3v) is 4.29. The van der Waals surface area contributed by atoms with E-state index >= 15 is 0 Å². The van der Waals surface area contributed by atoms with Crippen LogP contribution in [0.4, 0.5) is 0 Å². The maximum absolute atomic E-state index is 12.2. The highest BCUT2D eigenvalue weighted by Crippen LogP contribution is 2.27. The number of nitrogens with zero attached hydrogens (tertiary/aromatic N) is 1. The van der Waals surface area contributed by atoms with Crippen molar-refractivity contribution in [3.63, 3.8) is 0 Å². The molecule has 1 atom stereocenters. The smallest absolute Gasteiger partial charge is 0.227 e. The number of hydrogen-bond donors (Lipinski definition) is 1. The molecule has 1 aliphatic heterocycles. The van der Waals surface area contributed by atoms with E-state index in [0.717, 1.165) is 25.4 Å². The molecule has 1 amide bonds. The zero-order valence-corrected chi connectivity index (χ0v) is 10.5. The molecule has 1 saturated carbocycles. The van der Waals surface area contributed by atoms with Crippen LogP contribution in [0, 0.1) is 11.8 Å². The van der Waals surface area contributed by atoms with Crippen LogP contribution in [0.15, 0.2) is 0 Å². The topological polar surface area (TPSA) is 32.3 Å². The average molecular weight is 224 g/mol. The molecule has 2 aliphatic rings. The van der Waals surface area contributed by atoms with Crippen LogP contribution in [0.2, 0.25) is 0 Å². The Labute approximate surface area is 98.6 Å². The Balaban J connectivity index is 1.86. The van der Waals surface area contributed by atoms with Gasteiger partial charge in [-0.05, 0) is 44.6 Å². The van der Waals surface area contributed by atoms with Gasteiger partial charge in [0, 0.05) is 19.6 Å². The molecule has 1 heterocycles. The van der Waals surface area contributed by atoms with Crippen LogP contribution in [0.5, 0.6) is 0 Å². The van der Waals surface area contributed by atoms with Crippen molar-refractivity contribution in [3.8, 4) is 0 Å². The van der Waals surface area contributed by atoms with Crippen LogP contribution < -0.4 is 5.32 Å². The monoisotopic (exact) mass is 224 g/mol. The van der Waals surface area contributed by atoms with Crippen molar-refractivity contribution in [2.45, 2.75) is 45.1 Å².